The lowest BCUT2D eigenvalue weighted by Gasteiger charge is -2.47. The van der Waals surface area contributed by atoms with Gasteiger partial charge in [-0.2, -0.15) is 0 Å². The number of β-lactam (4-membered cyclic amide) rings is 1. The van der Waals surface area contributed by atoms with Crippen LogP contribution in [0.5, 0.6) is 0 Å². The van der Waals surface area contributed by atoms with Crippen LogP contribution in [0.3, 0.4) is 0 Å². The van der Waals surface area contributed by atoms with Crippen LogP contribution in [0.25, 0.3) is 0 Å². The van der Waals surface area contributed by atoms with Gasteiger partial charge in [-0.3, -0.25) is 14.5 Å². The summed E-state index contributed by atoms with van der Waals surface area (Å²) in [6, 6.07) is 14.8. The molecule has 1 aromatic heterocycles. The predicted octanol–water partition coefficient (Wildman–Crippen LogP) is 4.39. The maximum Gasteiger partial charge on any atom is 0.261 e. The zero-order valence-electron chi connectivity index (χ0n) is 15.5. The molecule has 0 aliphatic carbocycles. The van der Waals surface area contributed by atoms with Gasteiger partial charge >= 0.3 is 0 Å². The Morgan fingerprint density at radius 1 is 1.08 bits per heavy atom. The van der Waals surface area contributed by atoms with Crippen molar-refractivity contribution in [3.05, 3.63) is 60.1 Å². The average molecular weight is 372 g/mol. The lowest BCUT2D eigenvalue weighted by atomic mass is 9.94. The lowest BCUT2D eigenvalue weighted by Crippen LogP contribution is -2.64. The van der Waals surface area contributed by atoms with Crippen LogP contribution in [0, 0.1) is 0 Å². The van der Waals surface area contributed by atoms with E-state index in [4.69, 9.17) is 8.84 Å². The van der Waals surface area contributed by atoms with Crippen molar-refractivity contribution in [3.63, 3.8) is 0 Å². The van der Waals surface area contributed by atoms with Crippen LogP contribution >= 0.6 is 0 Å². The van der Waals surface area contributed by atoms with Gasteiger partial charge in [0.05, 0.1) is 6.26 Å². The Labute approximate surface area is 155 Å². The number of carbonyl (C=O) groups is 2. The van der Waals surface area contributed by atoms with E-state index in [1.165, 1.54) is 4.90 Å². The van der Waals surface area contributed by atoms with E-state index in [9.17, 15) is 9.59 Å². The molecule has 1 aliphatic heterocycles. The van der Waals surface area contributed by atoms with E-state index in [1.807, 2.05) is 6.07 Å². The van der Waals surface area contributed by atoms with Crippen LogP contribution in [0.2, 0.25) is 18.1 Å². The van der Waals surface area contributed by atoms with E-state index in [0.29, 0.717) is 11.3 Å². The third kappa shape index (κ3) is 3.15. The molecule has 0 spiro atoms. The number of carbonyl (C=O) groups excluding carboxylic acids is 2. The number of hydrogen-bond acceptors (Lipinski definition) is 4. The first-order chi connectivity index (χ1) is 12.6. The summed E-state index contributed by atoms with van der Waals surface area (Å²) in [6.07, 6.45) is 0.921. The third-order valence-electron chi connectivity index (χ3n) is 5.43. The second kappa shape index (κ2) is 7.59. The van der Waals surface area contributed by atoms with E-state index in [0.717, 1.165) is 18.1 Å². The fourth-order valence-electron chi connectivity index (χ4n) is 3.53. The van der Waals surface area contributed by atoms with Gasteiger partial charge in [-0.05, 0) is 42.4 Å². The number of furan rings is 1. The van der Waals surface area contributed by atoms with Gasteiger partial charge in [-0.25, -0.2) is 0 Å². The molecule has 1 fully saturated rings. The molecule has 2 heterocycles. The van der Waals surface area contributed by atoms with E-state index in [-0.39, 0.29) is 11.8 Å². The molecule has 2 amide bonds. The predicted molar refractivity (Wildman–Crippen MR) is 101 cm³/mol. The Hall–Kier alpha value is -2.18. The summed E-state index contributed by atoms with van der Waals surface area (Å²) in [6.45, 7) is 6.37. The summed E-state index contributed by atoms with van der Waals surface area (Å²) in [7, 11) is -1.99. The Kier molecular flexibility index (Phi) is 5.43. The first-order valence-corrected chi connectivity index (χ1v) is 11.7. The van der Waals surface area contributed by atoms with Crippen LogP contribution in [0.1, 0.15) is 42.9 Å². The highest BCUT2D eigenvalue weighted by Gasteiger charge is 2.56. The van der Waals surface area contributed by atoms with Crippen LogP contribution < -0.4 is 0 Å². The number of nitrogens with zero attached hydrogens (tertiary/aromatic N) is 1. The van der Waals surface area contributed by atoms with Gasteiger partial charge < -0.3 is 8.84 Å². The highest BCUT2D eigenvalue weighted by Crippen LogP contribution is 2.41. The molecule has 1 aliphatic rings. The van der Waals surface area contributed by atoms with Crippen molar-refractivity contribution in [2.45, 2.75) is 51.0 Å². The highest BCUT2D eigenvalue weighted by molar-refractivity contribution is 6.73. The largest absolute Gasteiger partial charge is 0.467 e. The molecule has 2 atom stereocenters. The van der Waals surface area contributed by atoms with Crippen molar-refractivity contribution >= 4 is 20.1 Å². The van der Waals surface area contributed by atoms with Gasteiger partial charge in [-0.1, -0.05) is 39.0 Å². The van der Waals surface area contributed by atoms with Crippen LogP contribution in [0.15, 0.2) is 53.1 Å². The Bertz CT molecular complexity index is 747. The number of likely N-dealkylation sites (tertiary alicyclic amines) is 1. The van der Waals surface area contributed by atoms with Gasteiger partial charge in [0.15, 0.2) is 14.4 Å². The molecule has 0 radical (unpaired) electrons. The monoisotopic (exact) mass is 371 g/mol. The minimum atomic E-state index is -1.99. The third-order valence-corrected chi connectivity index (χ3v) is 10.0. The molecule has 1 aromatic carbocycles. The first-order valence-electron chi connectivity index (χ1n) is 9.20. The lowest BCUT2D eigenvalue weighted by molar-refractivity contribution is -0.160. The molecule has 3 rings (SSSR count). The molecular formula is C20H25NO4Si. The summed E-state index contributed by atoms with van der Waals surface area (Å²) < 4.78 is 12.0. The van der Waals surface area contributed by atoms with Crippen molar-refractivity contribution in [3.8, 4) is 0 Å². The number of hydrogen-bond donors (Lipinski definition) is 0. The standard InChI is InChI=1S/C20H25NO4Si/c1-4-26(5-2,6-3)25-18-17(16-13-10-14-24-16)21(20(18)23)19(22)15-11-8-7-9-12-15/h7-14,17-18H,4-6H2,1-3H3/t17-,18+/m0/s1. The smallest absolute Gasteiger partial charge is 0.261 e. The summed E-state index contributed by atoms with van der Waals surface area (Å²) >= 11 is 0. The molecule has 5 nitrogen and oxygen atoms in total. The summed E-state index contributed by atoms with van der Waals surface area (Å²) in [5.74, 6) is 0.00572. The minimum Gasteiger partial charge on any atom is -0.467 e. The Balaban J connectivity index is 1.90. The Morgan fingerprint density at radius 2 is 1.73 bits per heavy atom. The first kappa shape index (κ1) is 18.6. The van der Waals surface area contributed by atoms with Crippen molar-refractivity contribution in [2.24, 2.45) is 0 Å². The molecule has 1 saturated heterocycles. The number of amides is 2. The van der Waals surface area contributed by atoms with Crippen LogP contribution in [0.4, 0.5) is 0 Å². The molecule has 2 aromatic rings. The normalized spacial score (nSPS) is 20.1. The molecule has 6 heteroatoms. The Morgan fingerprint density at radius 3 is 2.27 bits per heavy atom. The van der Waals surface area contributed by atoms with Crippen molar-refractivity contribution in [1.29, 1.82) is 0 Å². The molecule has 0 bridgehead atoms. The van der Waals surface area contributed by atoms with Gasteiger partial charge in [0, 0.05) is 5.56 Å². The zero-order chi connectivity index (χ0) is 18.7. The fourth-order valence-corrected chi connectivity index (χ4v) is 6.30. The van der Waals surface area contributed by atoms with E-state index in [1.54, 1.807) is 42.7 Å². The molecule has 0 unspecified atom stereocenters. The maximum atomic E-state index is 12.9. The summed E-state index contributed by atoms with van der Waals surface area (Å²) in [5, 5.41) is 0. The second-order valence-corrected chi connectivity index (χ2v) is 11.3. The van der Waals surface area contributed by atoms with Crippen molar-refractivity contribution in [2.75, 3.05) is 0 Å². The SMILES string of the molecule is CC[Si](CC)(CC)O[C@H]1C(=O)N(C(=O)c2ccccc2)[C@H]1c1ccco1. The quantitative estimate of drug-likeness (QED) is 0.411. The maximum absolute atomic E-state index is 12.9. The molecule has 0 N–H and O–H groups in total. The molecular weight excluding hydrogens is 346 g/mol. The average Bonchev–Trinajstić information content (AvgIpc) is 3.21. The van der Waals surface area contributed by atoms with Gasteiger partial charge in [0.25, 0.3) is 11.8 Å². The molecule has 0 saturated carbocycles. The van der Waals surface area contributed by atoms with E-state index < -0.39 is 20.5 Å². The number of imide groups is 1. The van der Waals surface area contributed by atoms with Crippen molar-refractivity contribution < 1.29 is 18.4 Å². The number of rotatable bonds is 7. The van der Waals surface area contributed by atoms with E-state index in [2.05, 4.69) is 20.8 Å². The molecule has 138 valence electrons. The van der Waals surface area contributed by atoms with Crippen molar-refractivity contribution in [1.82, 2.24) is 4.90 Å². The number of benzene rings is 1. The minimum absolute atomic E-state index is 0.271. The van der Waals surface area contributed by atoms with Gasteiger partial charge in [-0.15, -0.1) is 0 Å². The highest BCUT2D eigenvalue weighted by atomic mass is 28.4. The molecule has 26 heavy (non-hydrogen) atoms. The second-order valence-electron chi connectivity index (χ2n) is 6.62. The van der Waals surface area contributed by atoms with E-state index >= 15 is 0 Å². The van der Waals surface area contributed by atoms with Gasteiger partial charge in [0.1, 0.15) is 11.8 Å². The van der Waals surface area contributed by atoms with Crippen LogP contribution in [-0.4, -0.2) is 31.1 Å². The van der Waals surface area contributed by atoms with Gasteiger partial charge in [0.2, 0.25) is 0 Å². The summed E-state index contributed by atoms with van der Waals surface area (Å²) in [5.41, 5.74) is 0.487. The topological polar surface area (TPSA) is 59.8 Å². The zero-order valence-corrected chi connectivity index (χ0v) is 16.5. The van der Waals surface area contributed by atoms with Crippen LogP contribution in [-0.2, 0) is 9.22 Å². The fraction of sp³-hybridized carbons (Fsp3) is 0.400. The summed E-state index contributed by atoms with van der Waals surface area (Å²) in [4.78, 5) is 27.0.